The summed E-state index contributed by atoms with van der Waals surface area (Å²) < 4.78 is 58.2. The van der Waals surface area contributed by atoms with Gasteiger partial charge in [0.2, 0.25) is 5.91 Å². The van der Waals surface area contributed by atoms with Crippen molar-refractivity contribution in [2.45, 2.75) is 37.0 Å². The Labute approximate surface area is 154 Å². The molecule has 2 unspecified atom stereocenters. The second-order valence-corrected chi connectivity index (χ2v) is 6.09. The van der Waals surface area contributed by atoms with Crippen molar-refractivity contribution in [3.8, 4) is 0 Å². The highest BCUT2D eigenvalue weighted by molar-refractivity contribution is 6.34. The molecule has 0 aromatic carbocycles. The molecular weight excluding hydrogens is 405 g/mol. The van der Waals surface area contributed by atoms with E-state index in [2.05, 4.69) is 15.5 Å². The fraction of sp³-hybridized carbons (Fsp3) is 0.538. The predicted molar refractivity (Wildman–Crippen MR) is 82.7 cm³/mol. The first-order valence-electron chi connectivity index (χ1n) is 7.23. The molecule has 13 heteroatoms. The Kier molecular flexibility index (Phi) is 5.93. The molecule has 0 bridgehead atoms. The maximum atomic E-state index is 14.1. The molecule has 0 saturated heterocycles. The largest absolute Gasteiger partial charge is 0.391 e. The van der Waals surface area contributed by atoms with Crippen LogP contribution >= 0.6 is 23.2 Å². The summed E-state index contributed by atoms with van der Waals surface area (Å²) >= 11 is 12.3. The number of primary amides is 1. The number of ether oxygens (including phenoxy) is 1. The van der Waals surface area contributed by atoms with Gasteiger partial charge in [0.15, 0.2) is 11.4 Å². The molecule has 1 aromatic heterocycles. The summed E-state index contributed by atoms with van der Waals surface area (Å²) in [6, 6.07) is 0. The molecule has 144 valence electrons. The van der Waals surface area contributed by atoms with Gasteiger partial charge in [0.05, 0.1) is 23.6 Å². The minimum atomic E-state index is -4.53. The van der Waals surface area contributed by atoms with Crippen molar-refractivity contribution in [1.29, 1.82) is 0 Å². The summed E-state index contributed by atoms with van der Waals surface area (Å²) in [4.78, 5) is 11.6. The second kappa shape index (κ2) is 7.49. The van der Waals surface area contributed by atoms with Gasteiger partial charge in [-0.2, -0.15) is 13.2 Å². The lowest BCUT2D eigenvalue weighted by molar-refractivity contribution is -0.156. The first-order valence-corrected chi connectivity index (χ1v) is 8.04. The molecule has 26 heavy (non-hydrogen) atoms. The average Bonchev–Trinajstić information content (AvgIpc) is 2.97. The third kappa shape index (κ3) is 3.69. The van der Waals surface area contributed by atoms with E-state index in [-0.39, 0.29) is 12.4 Å². The predicted octanol–water partition coefficient (Wildman–Crippen LogP) is 2.31. The molecular formula is C13H13Cl2F4N5O2. The van der Waals surface area contributed by atoms with Crippen LogP contribution in [0, 0.1) is 0 Å². The zero-order chi connectivity index (χ0) is 19.7. The Hall–Kier alpha value is -1.72. The van der Waals surface area contributed by atoms with E-state index in [1.54, 1.807) is 6.92 Å². The number of halogens is 6. The maximum absolute atomic E-state index is 14.1. The first-order chi connectivity index (χ1) is 12.0. The number of tetrazole rings is 1. The van der Waals surface area contributed by atoms with Crippen LogP contribution in [0.2, 0.25) is 0 Å². The van der Waals surface area contributed by atoms with Gasteiger partial charge in [0.1, 0.15) is 11.2 Å². The number of carbonyl (C=O) groups excluding carboxylic acids is 1. The van der Waals surface area contributed by atoms with Crippen molar-refractivity contribution >= 4 is 29.1 Å². The van der Waals surface area contributed by atoms with E-state index in [1.165, 1.54) is 0 Å². The summed E-state index contributed by atoms with van der Waals surface area (Å²) in [5.41, 5.74) is 2.33. The molecule has 0 radical (unpaired) electrons. The van der Waals surface area contributed by atoms with Crippen LogP contribution in [0.25, 0.3) is 0 Å². The molecule has 1 aliphatic rings. The lowest BCUT2D eigenvalue weighted by atomic mass is 9.86. The smallest absolute Gasteiger partial charge is 0.366 e. The minimum absolute atomic E-state index is 0.179. The Morgan fingerprint density at radius 3 is 2.69 bits per heavy atom. The fourth-order valence-electron chi connectivity index (χ4n) is 2.42. The van der Waals surface area contributed by atoms with Gasteiger partial charge in [-0.05, 0) is 23.4 Å². The molecule has 2 atom stereocenters. The van der Waals surface area contributed by atoms with E-state index in [4.69, 9.17) is 33.7 Å². The third-order valence-corrected chi connectivity index (χ3v) is 4.54. The van der Waals surface area contributed by atoms with Crippen LogP contribution in [-0.4, -0.2) is 44.3 Å². The number of aromatic nitrogens is 4. The number of allylic oxidation sites excluding steroid dienone is 2. The summed E-state index contributed by atoms with van der Waals surface area (Å²) in [6.45, 7) is 0.929. The molecule has 1 amide bonds. The van der Waals surface area contributed by atoms with Crippen LogP contribution < -0.4 is 5.73 Å². The van der Waals surface area contributed by atoms with Crippen molar-refractivity contribution in [1.82, 2.24) is 20.2 Å². The molecule has 0 saturated carbocycles. The topological polar surface area (TPSA) is 95.9 Å². The minimum Gasteiger partial charge on any atom is -0.366 e. The number of amides is 1. The standard InChI is InChI=1S/C13H13Cl2F4N5O2/c1-2-24-11(21-22-23-24)13(26-4-3-12(17,18)19)7(14)5-6(16)8(9(13)15)10(20)25/h5,9H,2-4H2,1H3,(H2,20,25). The number of alkyl halides is 4. The van der Waals surface area contributed by atoms with Crippen LogP contribution in [0.3, 0.4) is 0 Å². The number of nitrogens with two attached hydrogens (primary N) is 1. The molecule has 1 aliphatic carbocycles. The lowest BCUT2D eigenvalue weighted by Gasteiger charge is -2.38. The number of nitrogens with zero attached hydrogens (tertiary/aromatic N) is 4. The average molecular weight is 418 g/mol. The van der Waals surface area contributed by atoms with E-state index in [0.717, 1.165) is 4.68 Å². The maximum Gasteiger partial charge on any atom is 0.391 e. The van der Waals surface area contributed by atoms with Gasteiger partial charge >= 0.3 is 6.18 Å². The number of hydrogen-bond donors (Lipinski definition) is 1. The third-order valence-electron chi connectivity index (χ3n) is 3.62. The van der Waals surface area contributed by atoms with E-state index in [9.17, 15) is 22.4 Å². The highest BCUT2D eigenvalue weighted by Gasteiger charge is 2.54. The van der Waals surface area contributed by atoms with Crippen molar-refractivity contribution in [3.63, 3.8) is 0 Å². The molecule has 0 spiro atoms. The van der Waals surface area contributed by atoms with Crippen molar-refractivity contribution in [3.05, 3.63) is 28.3 Å². The van der Waals surface area contributed by atoms with Crippen LogP contribution in [0.5, 0.6) is 0 Å². The molecule has 2 rings (SSSR count). The van der Waals surface area contributed by atoms with E-state index in [0.29, 0.717) is 6.08 Å². The Morgan fingerprint density at radius 2 is 2.15 bits per heavy atom. The van der Waals surface area contributed by atoms with E-state index < -0.39 is 52.5 Å². The molecule has 0 aliphatic heterocycles. The highest BCUT2D eigenvalue weighted by atomic mass is 35.5. The van der Waals surface area contributed by atoms with Gasteiger partial charge in [-0.1, -0.05) is 11.6 Å². The lowest BCUT2D eigenvalue weighted by Crippen LogP contribution is -2.48. The molecule has 2 N–H and O–H groups in total. The SMILES string of the molecule is CCn1nnnc1C1(OCCC(F)(F)F)C(Cl)=CC(F)=C(C(N)=O)C1Cl. The van der Waals surface area contributed by atoms with Crippen molar-refractivity contribution in [2.24, 2.45) is 5.73 Å². The number of aryl methyl sites for hydroxylation is 1. The van der Waals surface area contributed by atoms with Gasteiger partial charge < -0.3 is 10.5 Å². The van der Waals surface area contributed by atoms with Crippen molar-refractivity contribution < 1.29 is 27.1 Å². The zero-order valence-electron chi connectivity index (χ0n) is 13.2. The molecule has 7 nitrogen and oxygen atoms in total. The van der Waals surface area contributed by atoms with Crippen molar-refractivity contribution in [2.75, 3.05) is 6.61 Å². The summed E-state index contributed by atoms with van der Waals surface area (Å²) in [7, 11) is 0. The molecule has 1 aromatic rings. The van der Waals surface area contributed by atoms with Gasteiger partial charge in [-0.25, -0.2) is 9.07 Å². The zero-order valence-corrected chi connectivity index (χ0v) is 14.7. The summed E-state index contributed by atoms with van der Waals surface area (Å²) in [6.07, 6.45) is -5.17. The van der Waals surface area contributed by atoms with Gasteiger partial charge in [-0.3, -0.25) is 4.79 Å². The Morgan fingerprint density at radius 1 is 1.50 bits per heavy atom. The van der Waals surface area contributed by atoms with E-state index in [1.807, 2.05) is 0 Å². The van der Waals surface area contributed by atoms with Crippen LogP contribution in [0.15, 0.2) is 22.5 Å². The fourth-order valence-corrected chi connectivity index (χ4v) is 3.31. The second-order valence-electron chi connectivity index (χ2n) is 5.25. The quantitative estimate of drug-likeness (QED) is 0.565. The Bertz CT molecular complexity index is 764. The van der Waals surface area contributed by atoms with Crippen LogP contribution in [0.1, 0.15) is 19.2 Å². The van der Waals surface area contributed by atoms with Crippen LogP contribution in [0.4, 0.5) is 17.6 Å². The number of rotatable bonds is 6. The van der Waals surface area contributed by atoms with Gasteiger partial charge in [0, 0.05) is 6.54 Å². The number of carbonyl (C=O) groups is 1. The highest BCUT2D eigenvalue weighted by Crippen LogP contribution is 2.48. The van der Waals surface area contributed by atoms with Crippen LogP contribution in [-0.2, 0) is 21.7 Å². The number of hydrogen-bond acceptors (Lipinski definition) is 5. The summed E-state index contributed by atoms with van der Waals surface area (Å²) in [5.74, 6) is -2.52. The molecule has 0 fully saturated rings. The summed E-state index contributed by atoms with van der Waals surface area (Å²) in [5, 5.41) is 8.66. The monoisotopic (exact) mass is 417 g/mol. The van der Waals surface area contributed by atoms with E-state index >= 15 is 0 Å². The Balaban J connectivity index is 2.58. The molecule has 1 heterocycles. The normalized spacial score (nSPS) is 24.0. The first kappa shape index (κ1) is 20.6. The van der Waals surface area contributed by atoms with Gasteiger partial charge in [-0.15, -0.1) is 16.7 Å². The van der Waals surface area contributed by atoms with Gasteiger partial charge in [0.25, 0.3) is 0 Å².